The number of rotatable bonds is 8. The van der Waals surface area contributed by atoms with E-state index >= 15 is 0 Å². The molecule has 2 rings (SSSR count). The van der Waals surface area contributed by atoms with Gasteiger partial charge in [-0.1, -0.05) is 17.7 Å². The van der Waals surface area contributed by atoms with Crippen LogP contribution in [0.25, 0.3) is 0 Å². The van der Waals surface area contributed by atoms with Crippen molar-refractivity contribution in [3.05, 3.63) is 48.5 Å². The van der Waals surface area contributed by atoms with Crippen LogP contribution in [-0.4, -0.2) is 40.0 Å². The van der Waals surface area contributed by atoms with E-state index in [0.717, 1.165) is 12.3 Å². The molecule has 0 amide bonds. The molecule has 0 bridgehead atoms. The SMILES string of the molecule is Cc1ccc(OCC(O)CNC(C)Cn2ccnc2)cc1. The van der Waals surface area contributed by atoms with Crippen LogP contribution in [0.5, 0.6) is 5.75 Å². The zero-order valence-electron chi connectivity index (χ0n) is 12.6. The van der Waals surface area contributed by atoms with Crippen LogP contribution in [0, 0.1) is 6.92 Å². The highest BCUT2D eigenvalue weighted by Gasteiger charge is 2.08. The molecule has 1 heterocycles. The molecule has 0 aliphatic carbocycles. The number of imidazole rings is 1. The zero-order valence-corrected chi connectivity index (χ0v) is 12.6. The van der Waals surface area contributed by atoms with Crippen molar-refractivity contribution in [3.63, 3.8) is 0 Å². The van der Waals surface area contributed by atoms with Gasteiger partial charge in [-0.05, 0) is 26.0 Å². The maximum Gasteiger partial charge on any atom is 0.119 e. The Morgan fingerprint density at radius 2 is 2.10 bits per heavy atom. The largest absolute Gasteiger partial charge is 0.491 e. The third-order valence-electron chi connectivity index (χ3n) is 3.21. The van der Waals surface area contributed by atoms with Gasteiger partial charge < -0.3 is 19.7 Å². The van der Waals surface area contributed by atoms with E-state index in [-0.39, 0.29) is 12.6 Å². The van der Waals surface area contributed by atoms with Crippen molar-refractivity contribution in [2.24, 2.45) is 0 Å². The molecule has 0 radical (unpaired) electrons. The fourth-order valence-corrected chi connectivity index (χ4v) is 2.00. The number of nitrogens with one attached hydrogen (secondary N) is 1. The lowest BCUT2D eigenvalue weighted by atomic mass is 10.2. The van der Waals surface area contributed by atoms with E-state index in [1.807, 2.05) is 42.0 Å². The summed E-state index contributed by atoms with van der Waals surface area (Å²) in [7, 11) is 0. The Morgan fingerprint density at radius 1 is 1.33 bits per heavy atom. The Labute approximate surface area is 125 Å². The number of aromatic nitrogens is 2. The molecule has 5 nitrogen and oxygen atoms in total. The monoisotopic (exact) mass is 289 g/mol. The number of hydrogen-bond donors (Lipinski definition) is 2. The quantitative estimate of drug-likeness (QED) is 0.775. The van der Waals surface area contributed by atoms with Gasteiger partial charge in [0.2, 0.25) is 0 Å². The molecule has 0 spiro atoms. The number of aliphatic hydroxyl groups excluding tert-OH is 1. The van der Waals surface area contributed by atoms with Crippen LogP contribution in [0.2, 0.25) is 0 Å². The molecule has 2 N–H and O–H groups in total. The highest BCUT2D eigenvalue weighted by molar-refractivity contribution is 5.26. The van der Waals surface area contributed by atoms with Crippen LogP contribution in [0.1, 0.15) is 12.5 Å². The molecule has 0 saturated heterocycles. The van der Waals surface area contributed by atoms with Crippen molar-refractivity contribution in [1.29, 1.82) is 0 Å². The molecular weight excluding hydrogens is 266 g/mol. The maximum atomic E-state index is 9.93. The number of ether oxygens (including phenoxy) is 1. The van der Waals surface area contributed by atoms with Crippen LogP contribution in [0.4, 0.5) is 0 Å². The third kappa shape index (κ3) is 5.57. The molecule has 1 aromatic heterocycles. The number of benzene rings is 1. The number of aliphatic hydroxyl groups is 1. The zero-order chi connectivity index (χ0) is 15.1. The molecular formula is C16H23N3O2. The third-order valence-corrected chi connectivity index (χ3v) is 3.21. The molecule has 0 saturated carbocycles. The summed E-state index contributed by atoms with van der Waals surface area (Å²) >= 11 is 0. The molecule has 5 heteroatoms. The van der Waals surface area contributed by atoms with Crippen molar-refractivity contribution >= 4 is 0 Å². The minimum atomic E-state index is -0.531. The van der Waals surface area contributed by atoms with Gasteiger partial charge in [-0.3, -0.25) is 0 Å². The average molecular weight is 289 g/mol. The van der Waals surface area contributed by atoms with E-state index < -0.39 is 6.10 Å². The van der Waals surface area contributed by atoms with Gasteiger partial charge in [0.1, 0.15) is 18.5 Å². The smallest absolute Gasteiger partial charge is 0.119 e. The highest BCUT2D eigenvalue weighted by atomic mass is 16.5. The van der Waals surface area contributed by atoms with Gasteiger partial charge >= 0.3 is 0 Å². The predicted octanol–water partition coefficient (Wildman–Crippen LogP) is 1.61. The van der Waals surface area contributed by atoms with Gasteiger partial charge in [-0.2, -0.15) is 0 Å². The van der Waals surface area contributed by atoms with Gasteiger partial charge in [0, 0.05) is 31.5 Å². The summed E-state index contributed by atoms with van der Waals surface area (Å²) in [5, 5.41) is 13.2. The minimum absolute atomic E-state index is 0.258. The lowest BCUT2D eigenvalue weighted by Crippen LogP contribution is -2.38. The summed E-state index contributed by atoms with van der Waals surface area (Å²) in [6.07, 6.45) is 4.94. The molecule has 114 valence electrons. The van der Waals surface area contributed by atoms with Gasteiger partial charge in [-0.15, -0.1) is 0 Å². The average Bonchev–Trinajstić information content (AvgIpc) is 2.97. The maximum absolute atomic E-state index is 9.93. The molecule has 2 aromatic rings. The van der Waals surface area contributed by atoms with Gasteiger partial charge in [-0.25, -0.2) is 4.98 Å². The summed E-state index contributed by atoms with van der Waals surface area (Å²) in [6.45, 7) is 5.72. The van der Waals surface area contributed by atoms with Crippen LogP contribution < -0.4 is 10.1 Å². The van der Waals surface area contributed by atoms with E-state index in [4.69, 9.17) is 4.74 Å². The summed E-state index contributed by atoms with van der Waals surface area (Å²) < 4.78 is 7.56. The van der Waals surface area contributed by atoms with Gasteiger partial charge in [0.15, 0.2) is 0 Å². The van der Waals surface area contributed by atoms with Crippen molar-refractivity contribution in [1.82, 2.24) is 14.9 Å². The van der Waals surface area contributed by atoms with Crippen LogP contribution in [0.15, 0.2) is 43.0 Å². The Kier molecular flexibility index (Phi) is 5.78. The first-order chi connectivity index (χ1) is 10.1. The number of hydrogen-bond acceptors (Lipinski definition) is 4. The van der Waals surface area contributed by atoms with Crippen LogP contribution >= 0.6 is 0 Å². The van der Waals surface area contributed by atoms with Crippen molar-refractivity contribution in [3.8, 4) is 5.75 Å². The lowest BCUT2D eigenvalue weighted by molar-refractivity contribution is 0.103. The first kappa shape index (κ1) is 15.5. The highest BCUT2D eigenvalue weighted by Crippen LogP contribution is 2.11. The van der Waals surface area contributed by atoms with Crippen LogP contribution in [0.3, 0.4) is 0 Å². The summed E-state index contributed by atoms with van der Waals surface area (Å²) in [6, 6.07) is 8.07. The van der Waals surface area contributed by atoms with Crippen molar-refractivity contribution in [2.45, 2.75) is 32.5 Å². The Balaban J connectivity index is 1.65. The lowest BCUT2D eigenvalue weighted by Gasteiger charge is -2.18. The first-order valence-corrected chi connectivity index (χ1v) is 7.20. The number of aryl methyl sites for hydroxylation is 1. The molecule has 2 unspecified atom stereocenters. The molecule has 21 heavy (non-hydrogen) atoms. The molecule has 0 fully saturated rings. The minimum Gasteiger partial charge on any atom is -0.491 e. The van der Waals surface area contributed by atoms with E-state index in [1.165, 1.54) is 5.56 Å². The summed E-state index contributed by atoms with van der Waals surface area (Å²) in [5.41, 5.74) is 1.19. The normalized spacial score (nSPS) is 13.9. The standard InChI is InChI=1S/C16H23N3O2/c1-13-3-5-16(6-4-13)21-11-15(20)9-18-14(2)10-19-8-7-17-12-19/h3-8,12,14-15,18,20H,9-11H2,1-2H3. The topological polar surface area (TPSA) is 59.3 Å². The van der Waals surface area contributed by atoms with E-state index in [1.54, 1.807) is 12.5 Å². The van der Waals surface area contributed by atoms with Gasteiger partial charge in [0.05, 0.1) is 6.33 Å². The Morgan fingerprint density at radius 3 is 2.76 bits per heavy atom. The van der Waals surface area contributed by atoms with E-state index in [0.29, 0.717) is 6.54 Å². The van der Waals surface area contributed by atoms with Gasteiger partial charge in [0.25, 0.3) is 0 Å². The number of nitrogens with zero attached hydrogens (tertiary/aromatic N) is 2. The fraction of sp³-hybridized carbons (Fsp3) is 0.438. The fourth-order valence-electron chi connectivity index (χ4n) is 2.00. The molecule has 2 atom stereocenters. The molecule has 1 aromatic carbocycles. The molecule has 0 aliphatic heterocycles. The first-order valence-electron chi connectivity index (χ1n) is 7.20. The van der Waals surface area contributed by atoms with Crippen molar-refractivity contribution < 1.29 is 9.84 Å². The van der Waals surface area contributed by atoms with E-state index in [9.17, 15) is 5.11 Å². The van der Waals surface area contributed by atoms with Crippen molar-refractivity contribution in [2.75, 3.05) is 13.2 Å². The second-order valence-electron chi connectivity index (χ2n) is 5.35. The Hall–Kier alpha value is -1.85. The summed E-state index contributed by atoms with van der Waals surface area (Å²) in [5.74, 6) is 0.783. The predicted molar refractivity (Wildman–Crippen MR) is 82.4 cm³/mol. The van der Waals surface area contributed by atoms with Crippen LogP contribution in [-0.2, 0) is 6.54 Å². The second kappa shape index (κ2) is 7.81. The summed E-state index contributed by atoms with van der Waals surface area (Å²) in [4.78, 5) is 4.01. The molecule has 0 aliphatic rings. The van der Waals surface area contributed by atoms with E-state index in [2.05, 4.69) is 17.2 Å². The second-order valence-corrected chi connectivity index (χ2v) is 5.35. The Bertz CT molecular complexity index is 511.